The van der Waals surface area contributed by atoms with E-state index in [9.17, 15) is 9.59 Å². The van der Waals surface area contributed by atoms with Crippen molar-refractivity contribution in [3.63, 3.8) is 0 Å². The van der Waals surface area contributed by atoms with Crippen molar-refractivity contribution in [1.82, 2.24) is 10.7 Å². The molecule has 176 valence electrons. The average Bonchev–Trinajstić information content (AvgIpc) is 2.83. The van der Waals surface area contributed by atoms with Crippen LogP contribution in [0.15, 0.2) is 77.9 Å². The number of hydrazone groups is 1. The molecule has 0 aliphatic rings. The number of carbonyl (C=O) groups excluding carboxylic acids is 2. The van der Waals surface area contributed by atoms with E-state index >= 15 is 0 Å². The zero-order valence-corrected chi connectivity index (χ0v) is 20.2. The molecule has 0 aliphatic heterocycles. The first-order valence-corrected chi connectivity index (χ1v) is 11.4. The number of nitrogens with one attached hydrogen (secondary N) is 2. The third kappa shape index (κ3) is 7.18. The second-order valence-corrected chi connectivity index (χ2v) is 8.68. The van der Waals surface area contributed by atoms with E-state index in [1.54, 1.807) is 24.3 Å². The number of amides is 2. The van der Waals surface area contributed by atoms with Crippen LogP contribution in [0.25, 0.3) is 0 Å². The molecule has 2 amide bonds. The summed E-state index contributed by atoms with van der Waals surface area (Å²) in [6, 6.07) is 21.3. The molecule has 0 saturated carbocycles. The number of carbonyl (C=O) groups is 2. The van der Waals surface area contributed by atoms with E-state index in [0.29, 0.717) is 22.9 Å². The fourth-order valence-electron chi connectivity index (χ4n) is 3.16. The first-order chi connectivity index (χ1) is 16.3. The zero-order valence-electron chi connectivity index (χ0n) is 19.4. The molecule has 3 rings (SSSR count). The summed E-state index contributed by atoms with van der Waals surface area (Å²) in [4.78, 5) is 25.3. The third-order valence-electron chi connectivity index (χ3n) is 5.15. The van der Waals surface area contributed by atoms with E-state index in [4.69, 9.17) is 16.3 Å². The normalized spacial score (nSPS) is 11.9. The van der Waals surface area contributed by atoms with E-state index in [1.807, 2.05) is 69.3 Å². The molecule has 7 heteroatoms. The quantitative estimate of drug-likeness (QED) is 0.331. The maximum absolute atomic E-state index is 12.7. The Balaban J connectivity index is 1.61. The van der Waals surface area contributed by atoms with Gasteiger partial charge in [-0.15, -0.1) is 0 Å². The molecule has 0 heterocycles. The van der Waals surface area contributed by atoms with Gasteiger partial charge in [0.2, 0.25) is 0 Å². The summed E-state index contributed by atoms with van der Waals surface area (Å²) in [6.45, 7) is 6.16. The van der Waals surface area contributed by atoms with Crippen molar-refractivity contribution < 1.29 is 14.3 Å². The van der Waals surface area contributed by atoms with Gasteiger partial charge in [-0.05, 0) is 54.8 Å². The fourth-order valence-corrected chi connectivity index (χ4v) is 3.29. The van der Waals surface area contributed by atoms with E-state index < -0.39 is 11.9 Å². The van der Waals surface area contributed by atoms with Gasteiger partial charge in [0.1, 0.15) is 18.4 Å². The standard InChI is InChI=1S/C27H28ClN3O3/c1-18(2)25(30-26(32)21-12-14-23(28)15-13-21)27(33)31-29-16-22-6-4-5-7-24(22)34-17-20-10-8-19(3)9-11-20/h4-16,18,25H,17H2,1-3H3,(H,30,32)(H,31,33)/b29-16+. The molecule has 34 heavy (non-hydrogen) atoms. The van der Waals surface area contributed by atoms with E-state index in [1.165, 1.54) is 11.8 Å². The first-order valence-electron chi connectivity index (χ1n) is 11.0. The Hall–Kier alpha value is -3.64. The van der Waals surface area contributed by atoms with E-state index in [0.717, 1.165) is 11.1 Å². The Kier molecular flexibility index (Phi) is 8.82. The SMILES string of the molecule is Cc1ccc(COc2ccccc2/C=N/NC(=O)C(NC(=O)c2ccc(Cl)cc2)C(C)C)cc1. The summed E-state index contributed by atoms with van der Waals surface area (Å²) >= 11 is 5.88. The van der Waals surface area contributed by atoms with Crippen LogP contribution in [0.2, 0.25) is 5.02 Å². The molecule has 3 aromatic rings. The molecule has 6 nitrogen and oxygen atoms in total. The monoisotopic (exact) mass is 477 g/mol. The number of hydrogen-bond donors (Lipinski definition) is 2. The van der Waals surface area contributed by atoms with Gasteiger partial charge < -0.3 is 10.1 Å². The fraction of sp³-hybridized carbons (Fsp3) is 0.222. The van der Waals surface area contributed by atoms with Crippen molar-refractivity contribution in [2.24, 2.45) is 11.0 Å². The summed E-state index contributed by atoms with van der Waals surface area (Å²) in [5.74, 6) is -0.259. The molecule has 0 radical (unpaired) electrons. The molecule has 1 atom stereocenters. The van der Waals surface area contributed by atoms with Crippen LogP contribution in [-0.4, -0.2) is 24.1 Å². The van der Waals surface area contributed by atoms with Crippen LogP contribution in [-0.2, 0) is 11.4 Å². The minimum absolute atomic E-state index is 0.142. The highest BCUT2D eigenvalue weighted by Gasteiger charge is 2.24. The lowest BCUT2D eigenvalue weighted by atomic mass is 10.0. The van der Waals surface area contributed by atoms with Gasteiger partial charge in [-0.2, -0.15) is 5.10 Å². The molecular weight excluding hydrogens is 450 g/mol. The molecule has 0 aliphatic carbocycles. The average molecular weight is 478 g/mol. The number of rotatable bonds is 9. The predicted molar refractivity (Wildman–Crippen MR) is 135 cm³/mol. The summed E-state index contributed by atoms with van der Waals surface area (Å²) in [6.07, 6.45) is 1.53. The third-order valence-corrected chi connectivity index (χ3v) is 5.41. The molecule has 3 aromatic carbocycles. The number of hydrogen-bond acceptors (Lipinski definition) is 4. The largest absolute Gasteiger partial charge is 0.488 e. The van der Waals surface area contributed by atoms with Gasteiger partial charge in [0, 0.05) is 16.1 Å². The van der Waals surface area contributed by atoms with Crippen LogP contribution in [0.5, 0.6) is 5.75 Å². The number of benzene rings is 3. The van der Waals surface area contributed by atoms with Gasteiger partial charge in [-0.25, -0.2) is 5.43 Å². The molecule has 1 unspecified atom stereocenters. The molecule has 0 saturated heterocycles. The van der Waals surface area contributed by atoms with Crippen LogP contribution in [0.4, 0.5) is 0 Å². The lowest BCUT2D eigenvalue weighted by Gasteiger charge is -2.20. The van der Waals surface area contributed by atoms with Crippen molar-refractivity contribution in [3.8, 4) is 5.75 Å². The van der Waals surface area contributed by atoms with Crippen molar-refractivity contribution in [2.75, 3.05) is 0 Å². The predicted octanol–water partition coefficient (Wildman–Crippen LogP) is 5.13. The lowest BCUT2D eigenvalue weighted by Crippen LogP contribution is -2.48. The van der Waals surface area contributed by atoms with Crippen LogP contribution in [0.3, 0.4) is 0 Å². The lowest BCUT2D eigenvalue weighted by molar-refractivity contribution is -0.123. The van der Waals surface area contributed by atoms with Gasteiger partial charge in [-0.3, -0.25) is 9.59 Å². The van der Waals surface area contributed by atoms with Gasteiger partial charge in [0.05, 0.1) is 6.21 Å². The van der Waals surface area contributed by atoms with Gasteiger partial charge in [0.25, 0.3) is 11.8 Å². The molecular formula is C27H28ClN3O3. The highest BCUT2D eigenvalue weighted by atomic mass is 35.5. The zero-order chi connectivity index (χ0) is 24.5. The van der Waals surface area contributed by atoms with Crippen LogP contribution in [0.1, 0.15) is 40.9 Å². The Bertz CT molecular complexity index is 1140. The van der Waals surface area contributed by atoms with E-state index in [-0.39, 0.29) is 11.8 Å². The Morgan fingerprint density at radius 1 is 1.00 bits per heavy atom. The van der Waals surface area contributed by atoms with Crippen molar-refractivity contribution >= 4 is 29.6 Å². The molecule has 0 aromatic heterocycles. The second kappa shape index (κ2) is 12.0. The summed E-state index contributed by atoms with van der Waals surface area (Å²) in [7, 11) is 0. The Morgan fingerprint density at radius 3 is 2.35 bits per heavy atom. The van der Waals surface area contributed by atoms with Gasteiger partial charge >= 0.3 is 0 Å². The Morgan fingerprint density at radius 2 is 1.68 bits per heavy atom. The minimum atomic E-state index is -0.756. The van der Waals surface area contributed by atoms with Gasteiger partial charge in [0.15, 0.2) is 0 Å². The number of halogens is 1. The van der Waals surface area contributed by atoms with Crippen LogP contribution >= 0.6 is 11.6 Å². The van der Waals surface area contributed by atoms with Crippen LogP contribution < -0.4 is 15.5 Å². The smallest absolute Gasteiger partial charge is 0.262 e. The summed E-state index contributed by atoms with van der Waals surface area (Å²) in [5.41, 5.74) is 5.92. The highest BCUT2D eigenvalue weighted by molar-refractivity contribution is 6.30. The minimum Gasteiger partial charge on any atom is -0.488 e. The highest BCUT2D eigenvalue weighted by Crippen LogP contribution is 2.18. The number of aryl methyl sites for hydroxylation is 1. The first kappa shape index (κ1) is 25.0. The second-order valence-electron chi connectivity index (χ2n) is 8.25. The maximum atomic E-state index is 12.7. The van der Waals surface area contributed by atoms with Gasteiger partial charge in [-0.1, -0.05) is 67.4 Å². The van der Waals surface area contributed by atoms with Crippen LogP contribution in [0, 0.1) is 12.8 Å². The number of para-hydroxylation sites is 1. The summed E-state index contributed by atoms with van der Waals surface area (Å²) in [5, 5.41) is 7.39. The Labute approximate surface area is 205 Å². The molecule has 0 spiro atoms. The van der Waals surface area contributed by atoms with Crippen molar-refractivity contribution in [2.45, 2.75) is 33.4 Å². The number of ether oxygens (including phenoxy) is 1. The molecule has 2 N–H and O–H groups in total. The van der Waals surface area contributed by atoms with Crippen molar-refractivity contribution in [3.05, 3.63) is 100 Å². The molecule has 0 bridgehead atoms. The topological polar surface area (TPSA) is 79.8 Å². The number of nitrogens with zero attached hydrogens (tertiary/aromatic N) is 1. The maximum Gasteiger partial charge on any atom is 0.262 e. The molecule has 0 fully saturated rings. The van der Waals surface area contributed by atoms with Crippen molar-refractivity contribution in [1.29, 1.82) is 0 Å². The van der Waals surface area contributed by atoms with E-state index in [2.05, 4.69) is 15.8 Å². The summed E-state index contributed by atoms with van der Waals surface area (Å²) < 4.78 is 5.95.